The van der Waals surface area contributed by atoms with Crippen LogP contribution in [-0.2, 0) is 8.85 Å². The van der Waals surface area contributed by atoms with E-state index in [1.165, 1.54) is 0 Å². The molecule has 0 spiro atoms. The fraction of sp³-hybridized carbons (Fsp3) is 1.00. The molecule has 0 rings (SSSR count). The minimum absolute atomic E-state index is 0.905. The van der Waals surface area contributed by atoms with Gasteiger partial charge in [0.25, 0.3) is 0 Å². The van der Waals surface area contributed by atoms with Gasteiger partial charge in [-0.3, -0.25) is 4.98 Å². The van der Waals surface area contributed by atoms with Gasteiger partial charge in [0.2, 0.25) is 0 Å². The second-order valence-electron chi connectivity index (χ2n) is 2.05. The van der Waals surface area contributed by atoms with Crippen LogP contribution in [0.4, 0.5) is 0 Å². The Morgan fingerprint density at radius 2 is 1.70 bits per heavy atom. The molecule has 0 aromatic heterocycles. The first-order chi connectivity index (χ1) is 4.74. The second kappa shape index (κ2) is 4.84. The standard InChI is InChI=1S/C6H17NO2Si/c1-5-7-10(6-2,8-3)9-4/h7H,5-6H2,1-4H3. The smallest absolute Gasteiger partial charge is 0.386 e. The third kappa shape index (κ3) is 2.38. The molecule has 1 N–H and O–H groups in total. The summed E-state index contributed by atoms with van der Waals surface area (Å²) >= 11 is 0. The van der Waals surface area contributed by atoms with E-state index in [1.807, 2.05) is 0 Å². The van der Waals surface area contributed by atoms with Gasteiger partial charge in [-0.25, -0.2) is 0 Å². The van der Waals surface area contributed by atoms with Gasteiger partial charge >= 0.3 is 8.72 Å². The lowest BCUT2D eigenvalue weighted by Gasteiger charge is -2.25. The van der Waals surface area contributed by atoms with E-state index in [0.717, 1.165) is 12.6 Å². The van der Waals surface area contributed by atoms with Crippen LogP contribution in [0.2, 0.25) is 6.04 Å². The lowest BCUT2D eigenvalue weighted by Crippen LogP contribution is -2.54. The normalized spacial score (nSPS) is 12.0. The predicted molar refractivity (Wildman–Crippen MR) is 43.9 cm³/mol. The third-order valence-electron chi connectivity index (χ3n) is 1.57. The molecule has 0 aliphatic carbocycles. The minimum Gasteiger partial charge on any atom is -0.386 e. The summed E-state index contributed by atoms with van der Waals surface area (Å²) in [7, 11) is 1.43. The van der Waals surface area contributed by atoms with Gasteiger partial charge in [-0.1, -0.05) is 13.8 Å². The second-order valence-corrected chi connectivity index (χ2v) is 5.43. The first-order valence-corrected chi connectivity index (χ1v) is 5.62. The van der Waals surface area contributed by atoms with E-state index >= 15 is 0 Å². The zero-order chi connectivity index (χ0) is 8.04. The highest BCUT2D eigenvalue weighted by Crippen LogP contribution is 2.05. The summed E-state index contributed by atoms with van der Waals surface area (Å²) in [6.45, 7) is 5.03. The molecule has 3 nitrogen and oxygen atoms in total. The molecular weight excluding hydrogens is 146 g/mol. The molecule has 0 aliphatic rings. The summed E-state index contributed by atoms with van der Waals surface area (Å²) in [5.74, 6) is 0. The SMILES string of the molecule is CCN[Si](CC)(OC)OC. The van der Waals surface area contributed by atoms with Gasteiger partial charge in [-0.15, -0.1) is 0 Å². The van der Waals surface area contributed by atoms with Crippen LogP contribution < -0.4 is 4.98 Å². The van der Waals surface area contributed by atoms with E-state index in [-0.39, 0.29) is 0 Å². The van der Waals surface area contributed by atoms with Crippen LogP contribution in [0.1, 0.15) is 13.8 Å². The highest BCUT2D eigenvalue weighted by atomic mass is 28.4. The van der Waals surface area contributed by atoms with E-state index in [4.69, 9.17) is 8.85 Å². The summed E-state index contributed by atoms with van der Waals surface area (Å²) in [6, 6.07) is 0.938. The van der Waals surface area contributed by atoms with Crippen LogP contribution in [0.25, 0.3) is 0 Å². The average Bonchev–Trinajstić information content (AvgIpc) is 2.01. The van der Waals surface area contributed by atoms with E-state index in [2.05, 4.69) is 18.8 Å². The molecule has 0 aromatic carbocycles. The van der Waals surface area contributed by atoms with Crippen LogP contribution in [-0.4, -0.2) is 29.5 Å². The minimum atomic E-state index is -1.97. The van der Waals surface area contributed by atoms with Crippen LogP contribution in [0, 0.1) is 0 Å². The van der Waals surface area contributed by atoms with Crippen LogP contribution in [0.5, 0.6) is 0 Å². The first-order valence-electron chi connectivity index (χ1n) is 3.60. The Kier molecular flexibility index (Phi) is 4.89. The maximum atomic E-state index is 5.28. The zero-order valence-electron chi connectivity index (χ0n) is 7.23. The van der Waals surface area contributed by atoms with Crippen molar-refractivity contribution in [2.75, 3.05) is 20.8 Å². The van der Waals surface area contributed by atoms with E-state index in [9.17, 15) is 0 Å². The number of nitrogens with one attached hydrogen (secondary N) is 1. The molecule has 0 atom stereocenters. The average molecular weight is 163 g/mol. The van der Waals surface area contributed by atoms with Gasteiger partial charge in [0.05, 0.1) is 0 Å². The van der Waals surface area contributed by atoms with Crippen LogP contribution in [0.3, 0.4) is 0 Å². The highest BCUT2D eigenvalue weighted by Gasteiger charge is 2.32. The monoisotopic (exact) mass is 163 g/mol. The molecule has 0 saturated carbocycles. The maximum absolute atomic E-state index is 5.28. The molecular formula is C6H17NO2Si. The molecule has 0 heterocycles. The molecule has 62 valence electrons. The molecule has 0 radical (unpaired) electrons. The van der Waals surface area contributed by atoms with Crippen molar-refractivity contribution in [3.05, 3.63) is 0 Å². The Hall–Kier alpha value is 0.0969. The van der Waals surface area contributed by atoms with Gasteiger partial charge in [0.15, 0.2) is 0 Å². The lowest BCUT2D eigenvalue weighted by molar-refractivity contribution is 0.230. The summed E-state index contributed by atoms with van der Waals surface area (Å²) < 4.78 is 10.6. The fourth-order valence-corrected chi connectivity index (χ4v) is 2.73. The molecule has 0 bridgehead atoms. The summed E-state index contributed by atoms with van der Waals surface area (Å²) in [5, 5.41) is 0. The maximum Gasteiger partial charge on any atom is 0.424 e. The van der Waals surface area contributed by atoms with Crippen molar-refractivity contribution in [3.63, 3.8) is 0 Å². The molecule has 0 aromatic rings. The molecule has 0 amide bonds. The summed E-state index contributed by atoms with van der Waals surface area (Å²) in [4.78, 5) is 3.24. The molecule has 0 aliphatic heterocycles. The highest BCUT2D eigenvalue weighted by molar-refractivity contribution is 6.64. The van der Waals surface area contributed by atoms with Crippen molar-refractivity contribution in [2.45, 2.75) is 19.9 Å². The quantitative estimate of drug-likeness (QED) is 0.609. The van der Waals surface area contributed by atoms with Crippen molar-refractivity contribution < 1.29 is 8.85 Å². The van der Waals surface area contributed by atoms with E-state index in [1.54, 1.807) is 14.2 Å². The number of hydrogen-bond donors (Lipinski definition) is 1. The summed E-state index contributed by atoms with van der Waals surface area (Å²) in [6.07, 6.45) is 0. The predicted octanol–water partition coefficient (Wildman–Crippen LogP) is 0.847. The Balaban J connectivity index is 3.87. The van der Waals surface area contributed by atoms with Gasteiger partial charge in [0.1, 0.15) is 0 Å². The number of rotatable bonds is 5. The van der Waals surface area contributed by atoms with Crippen molar-refractivity contribution >= 4 is 8.72 Å². The molecule has 10 heavy (non-hydrogen) atoms. The largest absolute Gasteiger partial charge is 0.424 e. The van der Waals surface area contributed by atoms with Gasteiger partial charge in [0, 0.05) is 20.3 Å². The van der Waals surface area contributed by atoms with Crippen LogP contribution >= 0.6 is 0 Å². The Morgan fingerprint density at radius 1 is 1.20 bits per heavy atom. The lowest BCUT2D eigenvalue weighted by atomic mass is 10.8. The van der Waals surface area contributed by atoms with Crippen molar-refractivity contribution in [3.8, 4) is 0 Å². The number of hydrogen-bond acceptors (Lipinski definition) is 3. The van der Waals surface area contributed by atoms with Crippen molar-refractivity contribution in [2.24, 2.45) is 0 Å². The zero-order valence-corrected chi connectivity index (χ0v) is 8.23. The molecule has 0 saturated heterocycles. The van der Waals surface area contributed by atoms with Gasteiger partial charge < -0.3 is 8.85 Å². The molecule has 0 fully saturated rings. The Morgan fingerprint density at radius 3 is 1.80 bits per heavy atom. The first kappa shape index (κ1) is 10.1. The van der Waals surface area contributed by atoms with Crippen molar-refractivity contribution in [1.29, 1.82) is 0 Å². The fourth-order valence-electron chi connectivity index (χ4n) is 0.911. The third-order valence-corrected chi connectivity index (χ3v) is 4.71. The Labute approximate surface area is 64.0 Å². The Bertz CT molecular complexity index is 77.6. The van der Waals surface area contributed by atoms with Gasteiger partial charge in [-0.05, 0) is 6.54 Å². The molecule has 0 unspecified atom stereocenters. The molecule has 4 heteroatoms. The van der Waals surface area contributed by atoms with E-state index in [0.29, 0.717) is 0 Å². The van der Waals surface area contributed by atoms with Gasteiger partial charge in [-0.2, -0.15) is 0 Å². The topological polar surface area (TPSA) is 30.5 Å². The summed E-state index contributed by atoms with van der Waals surface area (Å²) in [5.41, 5.74) is 0. The van der Waals surface area contributed by atoms with Crippen LogP contribution in [0.15, 0.2) is 0 Å². The van der Waals surface area contributed by atoms with E-state index < -0.39 is 8.72 Å². The van der Waals surface area contributed by atoms with Crippen molar-refractivity contribution in [1.82, 2.24) is 4.98 Å².